The van der Waals surface area contributed by atoms with Crippen LogP contribution in [0, 0.1) is 19.8 Å². The van der Waals surface area contributed by atoms with Crippen LogP contribution < -0.4 is 0 Å². The lowest BCUT2D eigenvalue weighted by molar-refractivity contribution is -0.188. The van der Waals surface area contributed by atoms with Gasteiger partial charge in [-0.05, 0) is 39.5 Å². The van der Waals surface area contributed by atoms with Gasteiger partial charge in [0.2, 0.25) is 15.9 Å². The van der Waals surface area contributed by atoms with Crippen LogP contribution in [0.4, 0.5) is 0 Å². The molecule has 0 saturated carbocycles. The molecule has 10 nitrogen and oxygen atoms in total. The molecule has 0 unspecified atom stereocenters. The number of sulfonamides is 1. The van der Waals surface area contributed by atoms with Crippen molar-refractivity contribution in [3.8, 4) is 0 Å². The summed E-state index contributed by atoms with van der Waals surface area (Å²) in [5, 5.41) is 0. The zero-order valence-corrected chi connectivity index (χ0v) is 21.5. The third-order valence-electron chi connectivity index (χ3n) is 7.98. The zero-order chi connectivity index (χ0) is 24.8. The number of H-pyrrole nitrogens is 1. The molecule has 5 rings (SSSR count). The summed E-state index contributed by atoms with van der Waals surface area (Å²) in [4.78, 5) is 33.1. The van der Waals surface area contributed by atoms with Crippen LogP contribution in [0.3, 0.4) is 0 Å². The molecular formula is C24H36N4O6S. The number of nitrogens with one attached hydrogen (secondary N) is 1. The quantitative estimate of drug-likeness (QED) is 0.662. The maximum Gasteiger partial charge on any atom is 0.257 e. The van der Waals surface area contributed by atoms with Gasteiger partial charge in [-0.1, -0.05) is 0 Å². The lowest BCUT2D eigenvalue weighted by atomic mass is 9.94. The summed E-state index contributed by atoms with van der Waals surface area (Å²) in [5.41, 5.74) is 1.34. The fourth-order valence-electron chi connectivity index (χ4n) is 6.00. The molecule has 0 radical (unpaired) electrons. The van der Waals surface area contributed by atoms with Crippen molar-refractivity contribution in [3.63, 3.8) is 0 Å². The minimum Gasteiger partial charge on any atom is -0.361 e. The Balaban J connectivity index is 1.25. The average Bonchev–Trinajstić information content (AvgIpc) is 3.60. The van der Waals surface area contributed by atoms with Crippen LogP contribution in [-0.4, -0.2) is 97.6 Å². The molecule has 4 fully saturated rings. The molecule has 4 aliphatic heterocycles. The second-order valence-corrected chi connectivity index (χ2v) is 12.1. The lowest BCUT2D eigenvalue weighted by Crippen LogP contribution is -2.50. The van der Waals surface area contributed by atoms with E-state index in [0.717, 1.165) is 12.8 Å². The number of hydrogen-bond acceptors (Lipinski definition) is 6. The van der Waals surface area contributed by atoms with Gasteiger partial charge in [0.05, 0.1) is 18.8 Å². The van der Waals surface area contributed by atoms with Gasteiger partial charge in [0.25, 0.3) is 5.91 Å². The van der Waals surface area contributed by atoms with Crippen LogP contribution >= 0.6 is 0 Å². The van der Waals surface area contributed by atoms with E-state index in [9.17, 15) is 18.0 Å². The molecule has 0 aromatic carbocycles. The Hall–Kier alpha value is -1.95. The van der Waals surface area contributed by atoms with Crippen LogP contribution in [0.2, 0.25) is 0 Å². The normalized spacial score (nSPS) is 23.9. The number of aromatic nitrogens is 1. The van der Waals surface area contributed by atoms with Gasteiger partial charge in [-0.2, -0.15) is 4.31 Å². The predicted octanol–water partition coefficient (Wildman–Crippen LogP) is 1.63. The van der Waals surface area contributed by atoms with Gasteiger partial charge < -0.3 is 24.3 Å². The maximum atomic E-state index is 13.7. The van der Waals surface area contributed by atoms with E-state index in [1.165, 1.54) is 4.31 Å². The van der Waals surface area contributed by atoms with Crippen molar-refractivity contribution in [3.05, 3.63) is 17.0 Å². The smallest absolute Gasteiger partial charge is 0.257 e. The van der Waals surface area contributed by atoms with Crippen molar-refractivity contribution in [1.29, 1.82) is 0 Å². The molecule has 1 N–H and O–H groups in total. The van der Waals surface area contributed by atoms with E-state index in [1.807, 2.05) is 4.90 Å². The molecule has 1 aromatic heterocycles. The minimum absolute atomic E-state index is 0.0912. The Kier molecular flexibility index (Phi) is 6.71. The van der Waals surface area contributed by atoms with Crippen molar-refractivity contribution in [2.75, 3.05) is 52.5 Å². The minimum atomic E-state index is -3.87. The van der Waals surface area contributed by atoms with Gasteiger partial charge in [-0.25, -0.2) is 8.42 Å². The summed E-state index contributed by atoms with van der Waals surface area (Å²) in [6, 6.07) is 0. The van der Waals surface area contributed by atoms with E-state index in [4.69, 9.17) is 9.47 Å². The number of carbonyl (C=O) groups is 2. The number of ether oxygens (including phenoxy) is 2. The first-order valence-corrected chi connectivity index (χ1v) is 14.2. The first-order chi connectivity index (χ1) is 16.7. The van der Waals surface area contributed by atoms with Gasteiger partial charge in [0.15, 0.2) is 5.79 Å². The Morgan fingerprint density at radius 3 is 2.09 bits per heavy atom. The van der Waals surface area contributed by atoms with Crippen LogP contribution in [0.5, 0.6) is 0 Å². The SMILES string of the molecule is Cc1[nH]c(C)c(S(=O)(=O)N2CCC(C(=O)N3CCC4(CC3)OCCO4)CC2)c1C(=O)N1CCCC1. The summed E-state index contributed by atoms with van der Waals surface area (Å²) < 4.78 is 40.3. The number of carbonyl (C=O) groups excluding carboxylic acids is 2. The summed E-state index contributed by atoms with van der Waals surface area (Å²) in [5.74, 6) is -0.842. The lowest BCUT2D eigenvalue weighted by Gasteiger charge is -2.40. The van der Waals surface area contributed by atoms with Crippen molar-refractivity contribution in [2.45, 2.75) is 63.1 Å². The second-order valence-electron chi connectivity index (χ2n) is 10.2. The fourth-order valence-corrected chi connectivity index (χ4v) is 7.89. The highest BCUT2D eigenvalue weighted by molar-refractivity contribution is 7.89. The molecule has 1 aromatic rings. The molecule has 35 heavy (non-hydrogen) atoms. The van der Waals surface area contributed by atoms with Gasteiger partial charge in [-0.15, -0.1) is 0 Å². The van der Waals surface area contributed by atoms with E-state index in [1.54, 1.807) is 18.7 Å². The number of amides is 2. The van der Waals surface area contributed by atoms with Crippen LogP contribution in [0.15, 0.2) is 4.90 Å². The Morgan fingerprint density at radius 2 is 1.49 bits per heavy atom. The molecule has 4 saturated heterocycles. The van der Waals surface area contributed by atoms with Gasteiger partial charge in [0.1, 0.15) is 4.90 Å². The molecule has 194 valence electrons. The maximum absolute atomic E-state index is 13.7. The van der Waals surface area contributed by atoms with Crippen LogP contribution in [-0.2, 0) is 24.3 Å². The van der Waals surface area contributed by atoms with E-state index >= 15 is 0 Å². The molecule has 1 spiro atoms. The van der Waals surface area contributed by atoms with E-state index in [-0.39, 0.29) is 41.3 Å². The second kappa shape index (κ2) is 9.49. The summed E-state index contributed by atoms with van der Waals surface area (Å²) >= 11 is 0. The van der Waals surface area contributed by atoms with Crippen molar-refractivity contribution < 1.29 is 27.5 Å². The molecular weight excluding hydrogens is 472 g/mol. The highest BCUT2D eigenvalue weighted by atomic mass is 32.2. The highest BCUT2D eigenvalue weighted by Crippen LogP contribution is 2.34. The first-order valence-electron chi connectivity index (χ1n) is 12.8. The van der Waals surface area contributed by atoms with E-state index < -0.39 is 15.8 Å². The molecule has 4 aliphatic rings. The number of aryl methyl sites for hydroxylation is 2. The van der Waals surface area contributed by atoms with Gasteiger partial charge in [0, 0.05) is 69.4 Å². The number of nitrogens with zero attached hydrogens (tertiary/aromatic N) is 3. The van der Waals surface area contributed by atoms with Crippen LogP contribution in [0.25, 0.3) is 0 Å². The molecule has 11 heteroatoms. The molecule has 5 heterocycles. The molecule has 0 atom stereocenters. The number of aromatic amines is 1. The summed E-state index contributed by atoms with van der Waals surface area (Å²) in [7, 11) is -3.87. The molecule has 0 bridgehead atoms. The van der Waals surface area contributed by atoms with Crippen LogP contribution in [0.1, 0.15) is 60.3 Å². The fraction of sp³-hybridized carbons (Fsp3) is 0.750. The van der Waals surface area contributed by atoms with Gasteiger partial charge >= 0.3 is 0 Å². The average molecular weight is 509 g/mol. The summed E-state index contributed by atoms with van der Waals surface area (Å²) in [6.45, 7) is 7.72. The number of rotatable bonds is 4. The van der Waals surface area contributed by atoms with Crippen molar-refractivity contribution >= 4 is 21.8 Å². The third-order valence-corrected chi connectivity index (χ3v) is 10.0. The van der Waals surface area contributed by atoms with E-state index in [2.05, 4.69) is 4.98 Å². The summed E-state index contributed by atoms with van der Waals surface area (Å²) in [6.07, 6.45) is 4.18. The standard InChI is InChI=1S/C24H36N4O6S/c1-17-20(23(30)26-9-3-4-10-26)21(18(2)25-17)35(31,32)28-11-5-19(6-12-28)22(29)27-13-7-24(8-14-27)33-15-16-34-24/h19,25H,3-16H2,1-2H3. The molecule has 2 amide bonds. The largest absolute Gasteiger partial charge is 0.361 e. The topological polar surface area (TPSA) is 112 Å². The Bertz CT molecular complexity index is 1070. The van der Waals surface area contributed by atoms with Crippen molar-refractivity contribution in [1.82, 2.24) is 19.1 Å². The monoisotopic (exact) mass is 508 g/mol. The van der Waals surface area contributed by atoms with E-state index in [0.29, 0.717) is 76.5 Å². The number of likely N-dealkylation sites (tertiary alicyclic amines) is 2. The van der Waals surface area contributed by atoms with Gasteiger partial charge in [-0.3, -0.25) is 9.59 Å². The number of piperidine rings is 2. The Morgan fingerprint density at radius 1 is 0.886 bits per heavy atom. The van der Waals surface area contributed by atoms with Crippen molar-refractivity contribution in [2.24, 2.45) is 5.92 Å². The first kappa shape index (κ1) is 24.7. The molecule has 0 aliphatic carbocycles. The highest BCUT2D eigenvalue weighted by Gasteiger charge is 2.43. The Labute approximate surface area is 207 Å². The zero-order valence-electron chi connectivity index (χ0n) is 20.7. The predicted molar refractivity (Wildman–Crippen MR) is 127 cm³/mol. The third kappa shape index (κ3) is 4.52. The number of hydrogen-bond donors (Lipinski definition) is 1.